The Labute approximate surface area is 151 Å². The molecule has 0 aliphatic heterocycles. The van der Waals surface area contributed by atoms with E-state index in [1.54, 1.807) is 17.4 Å². The van der Waals surface area contributed by atoms with E-state index in [0.717, 1.165) is 32.2 Å². The van der Waals surface area contributed by atoms with Crippen LogP contribution in [-0.2, 0) is 0 Å². The molecule has 0 atom stereocenters. The maximum atomic E-state index is 10.3. The molecule has 0 spiro atoms. The number of hydrogen-bond donors (Lipinski definition) is 2. The molecule has 6 heteroatoms. The largest absolute Gasteiger partial charge is 0.507 e. The highest BCUT2D eigenvalue weighted by molar-refractivity contribution is 9.10. The average molecular weight is 400 g/mol. The maximum Gasteiger partial charge on any atom is 0.195 e. The van der Waals surface area contributed by atoms with Gasteiger partial charge in [0.25, 0.3) is 0 Å². The number of halogens is 1. The summed E-state index contributed by atoms with van der Waals surface area (Å²) in [5.41, 5.74) is 3.58. The number of phenolic OH excluding ortho intramolecular Hbond substituents is 1. The summed E-state index contributed by atoms with van der Waals surface area (Å²) >= 11 is 5.03. The number of hydrogen-bond acceptors (Lipinski definition) is 4. The van der Waals surface area contributed by atoms with E-state index in [4.69, 9.17) is 4.98 Å². The number of aryl methyl sites for hydroxylation is 1. The number of anilines is 2. The lowest BCUT2D eigenvalue weighted by Gasteiger charge is -2.11. The van der Waals surface area contributed by atoms with Gasteiger partial charge in [-0.2, -0.15) is 0 Å². The Morgan fingerprint density at radius 2 is 2.04 bits per heavy atom. The van der Waals surface area contributed by atoms with Crippen molar-refractivity contribution in [1.29, 1.82) is 0 Å². The lowest BCUT2D eigenvalue weighted by atomic mass is 10.1. The van der Waals surface area contributed by atoms with Gasteiger partial charge in [-0.3, -0.25) is 4.40 Å². The molecule has 4 nitrogen and oxygen atoms in total. The highest BCUT2D eigenvalue weighted by Crippen LogP contribution is 2.38. The van der Waals surface area contributed by atoms with Crippen molar-refractivity contribution >= 4 is 43.7 Å². The van der Waals surface area contributed by atoms with Crippen LogP contribution in [0, 0.1) is 6.92 Å². The van der Waals surface area contributed by atoms with Gasteiger partial charge in [-0.1, -0.05) is 34.1 Å². The van der Waals surface area contributed by atoms with Crippen LogP contribution in [0.5, 0.6) is 5.75 Å². The predicted octanol–water partition coefficient (Wildman–Crippen LogP) is 5.58. The number of fused-ring (bicyclic) bond motifs is 1. The first-order chi connectivity index (χ1) is 11.6. The Bertz CT molecular complexity index is 1040. The van der Waals surface area contributed by atoms with E-state index in [2.05, 4.69) is 34.2 Å². The minimum atomic E-state index is 0.205. The van der Waals surface area contributed by atoms with Crippen LogP contribution in [0.2, 0.25) is 0 Å². The lowest BCUT2D eigenvalue weighted by molar-refractivity contribution is 0.477. The van der Waals surface area contributed by atoms with Crippen molar-refractivity contribution in [1.82, 2.24) is 9.38 Å². The molecule has 0 radical (unpaired) electrons. The van der Waals surface area contributed by atoms with Crippen molar-refractivity contribution in [2.75, 3.05) is 5.32 Å². The number of benzene rings is 2. The van der Waals surface area contributed by atoms with Crippen LogP contribution < -0.4 is 5.32 Å². The van der Waals surface area contributed by atoms with Crippen LogP contribution in [0.15, 0.2) is 58.5 Å². The molecule has 0 aliphatic rings. The summed E-state index contributed by atoms with van der Waals surface area (Å²) in [5, 5.41) is 15.8. The van der Waals surface area contributed by atoms with E-state index in [1.165, 1.54) is 0 Å². The normalized spacial score (nSPS) is 11.1. The SMILES string of the molecule is Cc1ccccc1Nc1c(-c2cc(Br)ccc2O)nc2sccn12. The molecule has 0 fully saturated rings. The highest BCUT2D eigenvalue weighted by atomic mass is 79.9. The quantitative estimate of drug-likeness (QED) is 0.472. The first-order valence-electron chi connectivity index (χ1n) is 7.40. The van der Waals surface area contributed by atoms with Gasteiger partial charge in [0, 0.05) is 27.3 Å². The molecule has 120 valence electrons. The molecule has 24 heavy (non-hydrogen) atoms. The van der Waals surface area contributed by atoms with Gasteiger partial charge in [0.2, 0.25) is 0 Å². The second kappa shape index (κ2) is 5.96. The maximum absolute atomic E-state index is 10.3. The van der Waals surface area contributed by atoms with Crippen LogP contribution >= 0.6 is 27.3 Å². The molecule has 0 saturated carbocycles. The van der Waals surface area contributed by atoms with Crippen molar-refractivity contribution in [2.24, 2.45) is 0 Å². The third kappa shape index (κ3) is 2.57. The summed E-state index contributed by atoms with van der Waals surface area (Å²) in [6.07, 6.45) is 1.98. The number of nitrogens with zero attached hydrogens (tertiary/aromatic N) is 2. The molecular formula is C18H14BrN3OS. The zero-order chi connectivity index (χ0) is 16.7. The third-order valence-corrected chi connectivity index (χ3v) is 5.12. The van der Waals surface area contributed by atoms with Gasteiger partial charge in [-0.05, 0) is 36.8 Å². The first kappa shape index (κ1) is 15.2. The predicted molar refractivity (Wildman–Crippen MR) is 102 cm³/mol. The second-order valence-corrected chi connectivity index (χ2v) is 7.25. The molecule has 2 heterocycles. The van der Waals surface area contributed by atoms with Crippen LogP contribution in [0.4, 0.5) is 11.5 Å². The van der Waals surface area contributed by atoms with E-state index in [-0.39, 0.29) is 5.75 Å². The summed E-state index contributed by atoms with van der Waals surface area (Å²) < 4.78 is 2.90. The van der Waals surface area contributed by atoms with Crippen LogP contribution in [-0.4, -0.2) is 14.5 Å². The van der Waals surface area contributed by atoms with Crippen molar-refractivity contribution < 1.29 is 5.11 Å². The fraction of sp³-hybridized carbons (Fsp3) is 0.0556. The second-order valence-electron chi connectivity index (χ2n) is 5.47. The summed E-state index contributed by atoms with van der Waals surface area (Å²) in [7, 11) is 0. The van der Waals surface area contributed by atoms with Gasteiger partial charge in [-0.25, -0.2) is 4.98 Å². The van der Waals surface area contributed by atoms with E-state index in [0.29, 0.717) is 5.56 Å². The van der Waals surface area contributed by atoms with Crippen molar-refractivity contribution in [2.45, 2.75) is 6.92 Å². The molecule has 4 rings (SSSR count). The third-order valence-electron chi connectivity index (χ3n) is 3.87. The number of nitrogens with one attached hydrogen (secondary N) is 1. The number of thiazole rings is 1. The summed E-state index contributed by atoms with van der Waals surface area (Å²) in [6.45, 7) is 2.06. The molecule has 2 aromatic carbocycles. The number of phenols is 1. The minimum Gasteiger partial charge on any atom is -0.507 e. The highest BCUT2D eigenvalue weighted by Gasteiger charge is 2.18. The Kier molecular flexibility index (Phi) is 3.78. The summed E-state index contributed by atoms with van der Waals surface area (Å²) in [6, 6.07) is 13.5. The summed E-state index contributed by atoms with van der Waals surface area (Å²) in [5.74, 6) is 1.05. The van der Waals surface area contributed by atoms with Crippen molar-refractivity contribution in [3.8, 4) is 17.0 Å². The zero-order valence-corrected chi connectivity index (χ0v) is 15.2. The van der Waals surface area contributed by atoms with E-state index >= 15 is 0 Å². The number of aromatic hydroxyl groups is 1. The summed E-state index contributed by atoms with van der Waals surface area (Å²) in [4.78, 5) is 5.58. The molecule has 0 saturated heterocycles. The molecule has 0 unspecified atom stereocenters. The van der Waals surface area contributed by atoms with Crippen LogP contribution in [0.25, 0.3) is 16.2 Å². The van der Waals surface area contributed by atoms with Crippen LogP contribution in [0.3, 0.4) is 0 Å². The lowest BCUT2D eigenvalue weighted by Crippen LogP contribution is -1.97. The Hall–Kier alpha value is -2.31. The Balaban J connectivity index is 1.92. The Morgan fingerprint density at radius 3 is 2.88 bits per heavy atom. The van der Waals surface area contributed by atoms with E-state index in [9.17, 15) is 5.11 Å². The number of imidazole rings is 1. The van der Waals surface area contributed by atoms with Crippen molar-refractivity contribution in [3.63, 3.8) is 0 Å². The van der Waals surface area contributed by atoms with Gasteiger partial charge < -0.3 is 10.4 Å². The molecule has 0 amide bonds. The van der Waals surface area contributed by atoms with Gasteiger partial charge >= 0.3 is 0 Å². The van der Waals surface area contributed by atoms with Crippen LogP contribution in [0.1, 0.15) is 5.56 Å². The van der Waals surface area contributed by atoms with E-state index < -0.39 is 0 Å². The number of aromatic nitrogens is 2. The molecule has 2 N–H and O–H groups in total. The fourth-order valence-electron chi connectivity index (χ4n) is 2.63. The standard InChI is InChI=1S/C18H14BrN3OS/c1-11-4-2-3-5-14(11)20-17-16(21-18-22(17)8-9-24-18)13-10-12(19)6-7-15(13)23/h2-10,20,23H,1H3. The number of para-hydroxylation sites is 1. The van der Waals surface area contributed by atoms with Gasteiger partial charge in [0.1, 0.15) is 17.3 Å². The van der Waals surface area contributed by atoms with Gasteiger partial charge in [-0.15, -0.1) is 11.3 Å². The number of rotatable bonds is 3. The monoisotopic (exact) mass is 399 g/mol. The molecular weight excluding hydrogens is 386 g/mol. The van der Waals surface area contributed by atoms with E-state index in [1.807, 2.05) is 46.3 Å². The molecule has 0 bridgehead atoms. The van der Waals surface area contributed by atoms with Gasteiger partial charge in [0.15, 0.2) is 4.96 Å². The van der Waals surface area contributed by atoms with Gasteiger partial charge in [0.05, 0.1) is 0 Å². The molecule has 4 aromatic rings. The topological polar surface area (TPSA) is 49.6 Å². The molecule has 2 aromatic heterocycles. The Morgan fingerprint density at radius 1 is 1.21 bits per heavy atom. The fourth-order valence-corrected chi connectivity index (χ4v) is 3.71. The molecule has 0 aliphatic carbocycles. The average Bonchev–Trinajstić information content (AvgIpc) is 3.14. The smallest absolute Gasteiger partial charge is 0.195 e. The minimum absolute atomic E-state index is 0.205. The van der Waals surface area contributed by atoms with Crippen molar-refractivity contribution in [3.05, 3.63) is 64.1 Å². The zero-order valence-electron chi connectivity index (χ0n) is 12.8. The first-order valence-corrected chi connectivity index (χ1v) is 9.08.